The zero-order valence-electron chi connectivity index (χ0n) is 11.2. The minimum absolute atomic E-state index is 0.350. The summed E-state index contributed by atoms with van der Waals surface area (Å²) in [6, 6.07) is 11.2. The Morgan fingerprint density at radius 2 is 1.79 bits per heavy atom. The van der Waals surface area contributed by atoms with E-state index in [1.165, 1.54) is 25.7 Å². The molecule has 0 fully saturated rings. The predicted molar refractivity (Wildman–Crippen MR) is 85.5 cm³/mol. The zero-order chi connectivity index (χ0) is 12.9. The predicted octanol–water partition coefficient (Wildman–Crippen LogP) is 4.66. The second kappa shape index (κ2) is 6.29. The third kappa shape index (κ3) is 3.03. The summed E-state index contributed by atoms with van der Waals surface area (Å²) in [7, 11) is 0.350. The Hall–Kier alpha value is -1.21. The van der Waals surface area contributed by atoms with Gasteiger partial charge in [-0.2, -0.15) is 0 Å². The fourth-order valence-corrected chi connectivity index (χ4v) is 5.92. The highest BCUT2D eigenvalue weighted by molar-refractivity contribution is 7.98. The van der Waals surface area contributed by atoms with Gasteiger partial charge in [-0.25, -0.2) is 0 Å². The van der Waals surface area contributed by atoms with Crippen molar-refractivity contribution in [1.82, 2.24) is 0 Å². The highest BCUT2D eigenvalue weighted by atomic mass is 32.2. The van der Waals surface area contributed by atoms with Crippen molar-refractivity contribution in [3.8, 4) is 0 Å². The van der Waals surface area contributed by atoms with Crippen LogP contribution in [0.3, 0.4) is 0 Å². The minimum Gasteiger partial charge on any atom is -0.0882 e. The second-order valence-corrected chi connectivity index (χ2v) is 7.67. The number of hydrogen-bond donors (Lipinski definition) is 0. The van der Waals surface area contributed by atoms with Crippen molar-refractivity contribution in [1.29, 1.82) is 0 Å². The van der Waals surface area contributed by atoms with E-state index < -0.39 is 0 Å². The lowest BCUT2D eigenvalue weighted by atomic mass is 10.1. The van der Waals surface area contributed by atoms with Gasteiger partial charge in [0.2, 0.25) is 0 Å². The molecule has 0 amide bonds. The lowest BCUT2D eigenvalue weighted by Gasteiger charge is -2.25. The maximum absolute atomic E-state index is 2.43. The Balaban J connectivity index is 1.88. The average Bonchev–Trinajstić information content (AvgIpc) is 2.51. The quantitative estimate of drug-likeness (QED) is 0.553. The van der Waals surface area contributed by atoms with Crippen LogP contribution in [-0.2, 0) is 10.9 Å². The molecule has 3 rings (SSSR count). The van der Waals surface area contributed by atoms with Crippen LogP contribution in [0.5, 0.6) is 0 Å². The monoisotopic (exact) mass is 269 g/mol. The molecule has 3 unspecified atom stereocenters. The van der Waals surface area contributed by atoms with Crippen LogP contribution < -0.4 is 0 Å². The van der Waals surface area contributed by atoms with Crippen molar-refractivity contribution in [3.63, 3.8) is 0 Å². The van der Waals surface area contributed by atoms with E-state index in [9.17, 15) is 0 Å². The Kier molecular flexibility index (Phi) is 4.24. The van der Waals surface area contributed by atoms with Crippen LogP contribution in [0.15, 0.2) is 71.7 Å². The van der Waals surface area contributed by atoms with Crippen LogP contribution in [0.2, 0.25) is 0 Å². The number of hydrogen-bond acceptors (Lipinski definition) is 0. The van der Waals surface area contributed by atoms with E-state index in [0.717, 1.165) is 5.25 Å². The number of benzene rings is 1. The fraction of sp³-hybridized carbons (Fsp3) is 0.333. The molecule has 3 atom stereocenters. The molecule has 2 aliphatic carbocycles. The van der Waals surface area contributed by atoms with E-state index in [4.69, 9.17) is 0 Å². The third-order valence-corrected chi connectivity index (χ3v) is 6.83. The topological polar surface area (TPSA) is 0 Å². The normalized spacial score (nSPS) is 27.4. The molecule has 0 saturated heterocycles. The molecule has 19 heavy (non-hydrogen) atoms. The van der Waals surface area contributed by atoms with Gasteiger partial charge >= 0.3 is 0 Å². The lowest BCUT2D eigenvalue weighted by molar-refractivity contribution is 0.735. The summed E-state index contributed by atoms with van der Waals surface area (Å²) < 4.78 is 0. The van der Waals surface area contributed by atoms with Gasteiger partial charge in [-0.1, -0.05) is 48.6 Å². The van der Waals surface area contributed by atoms with E-state index in [0.29, 0.717) is 16.1 Å². The van der Waals surface area contributed by atoms with Crippen LogP contribution in [0, 0.1) is 0 Å². The molecule has 0 radical (unpaired) electrons. The molecule has 0 nitrogen and oxygen atoms in total. The smallest absolute Gasteiger partial charge is 0.0882 e. The zero-order valence-corrected chi connectivity index (χ0v) is 12.1. The molecular weight excluding hydrogens is 248 g/mol. The largest absolute Gasteiger partial charge is 0.155 e. The van der Waals surface area contributed by atoms with E-state index in [-0.39, 0.29) is 0 Å². The Bertz CT molecular complexity index is 484. The Morgan fingerprint density at radius 3 is 2.47 bits per heavy atom. The third-order valence-electron chi connectivity index (χ3n) is 3.86. The summed E-state index contributed by atoms with van der Waals surface area (Å²) in [6.45, 7) is 0. The van der Waals surface area contributed by atoms with Gasteiger partial charge < -0.3 is 0 Å². The van der Waals surface area contributed by atoms with Gasteiger partial charge in [0.1, 0.15) is 10.5 Å². The molecule has 0 N–H and O–H groups in total. The summed E-state index contributed by atoms with van der Waals surface area (Å²) in [5, 5.41) is 1.53. The maximum atomic E-state index is 2.43. The van der Waals surface area contributed by atoms with E-state index >= 15 is 0 Å². The summed E-state index contributed by atoms with van der Waals surface area (Å²) in [5.41, 5.74) is 0. The molecule has 1 aromatic rings. The first-order valence-corrected chi connectivity index (χ1v) is 8.55. The molecule has 1 heteroatoms. The molecule has 0 saturated carbocycles. The molecule has 0 bridgehead atoms. The number of rotatable bonds is 3. The maximum Gasteiger partial charge on any atom is 0.155 e. The second-order valence-electron chi connectivity index (χ2n) is 5.18. The van der Waals surface area contributed by atoms with Gasteiger partial charge in [0.05, 0.1) is 0 Å². The summed E-state index contributed by atoms with van der Waals surface area (Å²) in [6.07, 6.45) is 19.0. The number of allylic oxidation sites excluding steroid dienone is 5. The van der Waals surface area contributed by atoms with E-state index in [2.05, 4.69) is 66.8 Å². The molecule has 0 aromatic heterocycles. The van der Waals surface area contributed by atoms with Crippen LogP contribution in [0.1, 0.15) is 25.7 Å². The van der Waals surface area contributed by atoms with E-state index in [1.807, 2.05) is 0 Å². The van der Waals surface area contributed by atoms with Gasteiger partial charge in [0.25, 0.3) is 0 Å². The average molecular weight is 269 g/mol. The Labute approximate surface area is 119 Å². The molecule has 2 aliphatic rings. The molecule has 0 aliphatic heterocycles. The van der Waals surface area contributed by atoms with E-state index in [1.54, 1.807) is 4.90 Å². The SMILES string of the molecule is C1=CCC([S+](c2ccccc2)C2CC=CCC2)C=C1. The van der Waals surface area contributed by atoms with Crippen molar-refractivity contribution < 1.29 is 0 Å². The molecule has 0 spiro atoms. The van der Waals surface area contributed by atoms with Crippen molar-refractivity contribution in [2.75, 3.05) is 0 Å². The van der Waals surface area contributed by atoms with Crippen molar-refractivity contribution in [3.05, 3.63) is 66.8 Å². The summed E-state index contributed by atoms with van der Waals surface area (Å²) in [4.78, 5) is 1.55. The lowest BCUT2D eigenvalue weighted by Crippen LogP contribution is -2.32. The molecule has 0 heterocycles. The van der Waals surface area contributed by atoms with Crippen molar-refractivity contribution >= 4 is 10.9 Å². The highest BCUT2D eigenvalue weighted by Crippen LogP contribution is 2.33. The van der Waals surface area contributed by atoms with Gasteiger partial charge in [-0.15, -0.1) is 0 Å². The molecule has 1 aromatic carbocycles. The van der Waals surface area contributed by atoms with Crippen LogP contribution in [0.25, 0.3) is 0 Å². The Morgan fingerprint density at radius 1 is 0.895 bits per heavy atom. The highest BCUT2D eigenvalue weighted by Gasteiger charge is 2.38. The summed E-state index contributed by atoms with van der Waals surface area (Å²) in [5.74, 6) is 0. The van der Waals surface area contributed by atoms with Gasteiger partial charge in [-0.05, 0) is 31.1 Å². The first-order chi connectivity index (χ1) is 9.45. The van der Waals surface area contributed by atoms with Gasteiger partial charge in [0.15, 0.2) is 4.90 Å². The van der Waals surface area contributed by atoms with Gasteiger partial charge in [0, 0.05) is 23.7 Å². The fourth-order valence-electron chi connectivity index (χ4n) is 2.93. The van der Waals surface area contributed by atoms with Crippen molar-refractivity contribution in [2.45, 2.75) is 41.1 Å². The van der Waals surface area contributed by atoms with Crippen LogP contribution in [0.4, 0.5) is 0 Å². The van der Waals surface area contributed by atoms with Crippen LogP contribution >= 0.6 is 0 Å². The van der Waals surface area contributed by atoms with Gasteiger partial charge in [-0.3, -0.25) is 0 Å². The first kappa shape index (κ1) is 12.8. The first-order valence-electron chi connectivity index (χ1n) is 7.20. The molecular formula is C18H21S+. The van der Waals surface area contributed by atoms with Crippen molar-refractivity contribution in [2.24, 2.45) is 0 Å². The molecule has 98 valence electrons. The standard InChI is InChI=1S/C18H21S/c1-4-10-16(11-5-1)19(17-12-6-2-7-13-17)18-14-8-3-9-15-18/h1-8,10-12,17-18H,9,13-15H2/q+1. The summed E-state index contributed by atoms with van der Waals surface area (Å²) >= 11 is 0. The minimum atomic E-state index is 0.350. The van der Waals surface area contributed by atoms with Crippen LogP contribution in [-0.4, -0.2) is 10.5 Å².